The number of hydrogen-bond acceptors (Lipinski definition) is 3. The predicted molar refractivity (Wildman–Crippen MR) is 86.7 cm³/mol. The van der Waals surface area contributed by atoms with Gasteiger partial charge in [0.2, 0.25) is 5.95 Å². The average molecular weight is 308 g/mol. The summed E-state index contributed by atoms with van der Waals surface area (Å²) in [5.74, 6) is 0.528. The Morgan fingerprint density at radius 3 is 2.74 bits per heavy atom. The number of nitrogens with zero attached hydrogens (tertiary/aromatic N) is 3. The molecule has 3 aromatic rings. The van der Waals surface area contributed by atoms with E-state index in [-0.39, 0.29) is 17.9 Å². The third-order valence-electron chi connectivity index (χ3n) is 4.33. The Kier molecular flexibility index (Phi) is 3.33. The first-order valence-corrected chi connectivity index (χ1v) is 7.69. The molecular formula is C18H17FN4. The highest BCUT2D eigenvalue weighted by molar-refractivity contribution is 5.38. The van der Waals surface area contributed by atoms with Crippen LogP contribution >= 0.6 is 0 Å². The van der Waals surface area contributed by atoms with E-state index in [9.17, 15) is 4.39 Å². The lowest BCUT2D eigenvalue weighted by Gasteiger charge is -2.32. The summed E-state index contributed by atoms with van der Waals surface area (Å²) in [6.07, 6.45) is 2.41. The molecule has 0 saturated carbocycles. The van der Waals surface area contributed by atoms with Crippen LogP contribution in [0.5, 0.6) is 0 Å². The lowest BCUT2D eigenvalue weighted by atomic mass is 9.93. The van der Waals surface area contributed by atoms with Gasteiger partial charge in [-0.1, -0.05) is 42.0 Å². The molecule has 0 radical (unpaired) electrons. The molecule has 4 nitrogen and oxygen atoms in total. The summed E-state index contributed by atoms with van der Waals surface area (Å²) < 4.78 is 15.1. The number of anilines is 1. The summed E-state index contributed by atoms with van der Waals surface area (Å²) in [7, 11) is 0. The van der Waals surface area contributed by atoms with Gasteiger partial charge in [-0.2, -0.15) is 10.1 Å². The number of hydrogen-bond donors (Lipinski definition) is 1. The first-order chi connectivity index (χ1) is 11.2. The molecule has 116 valence electrons. The quantitative estimate of drug-likeness (QED) is 0.781. The molecule has 0 aliphatic carbocycles. The van der Waals surface area contributed by atoms with E-state index < -0.39 is 0 Å². The van der Waals surface area contributed by atoms with Crippen molar-refractivity contribution >= 4 is 5.95 Å². The fourth-order valence-electron chi connectivity index (χ4n) is 3.19. The number of benzene rings is 2. The highest BCUT2D eigenvalue weighted by Gasteiger charge is 2.29. The maximum absolute atomic E-state index is 13.2. The highest BCUT2D eigenvalue weighted by atomic mass is 19.1. The maximum Gasteiger partial charge on any atom is 0.222 e. The van der Waals surface area contributed by atoms with E-state index in [1.807, 2.05) is 16.8 Å². The van der Waals surface area contributed by atoms with Crippen LogP contribution < -0.4 is 5.32 Å². The second-order valence-electron chi connectivity index (χ2n) is 5.94. The smallest absolute Gasteiger partial charge is 0.222 e. The summed E-state index contributed by atoms with van der Waals surface area (Å²) in [5, 5.41) is 7.76. The largest absolute Gasteiger partial charge is 0.348 e. The van der Waals surface area contributed by atoms with Crippen LogP contribution in [0.2, 0.25) is 0 Å². The number of nitrogens with one attached hydrogen (secondary N) is 1. The Hall–Kier alpha value is -2.69. The summed E-state index contributed by atoms with van der Waals surface area (Å²) in [6.45, 7) is 2.09. The van der Waals surface area contributed by atoms with Gasteiger partial charge in [-0.3, -0.25) is 0 Å². The average Bonchev–Trinajstić information content (AvgIpc) is 3.03. The van der Waals surface area contributed by atoms with Crippen molar-refractivity contribution < 1.29 is 4.39 Å². The summed E-state index contributed by atoms with van der Waals surface area (Å²) in [5.41, 5.74) is 3.49. The molecule has 0 amide bonds. The van der Waals surface area contributed by atoms with Gasteiger partial charge in [0, 0.05) is 0 Å². The Morgan fingerprint density at radius 2 is 1.96 bits per heavy atom. The molecule has 1 aromatic heterocycles. The molecule has 2 atom stereocenters. The third-order valence-corrected chi connectivity index (χ3v) is 4.33. The Labute approximate surface area is 134 Å². The van der Waals surface area contributed by atoms with E-state index in [1.54, 1.807) is 6.33 Å². The van der Waals surface area contributed by atoms with Crippen LogP contribution in [0.4, 0.5) is 10.3 Å². The predicted octanol–water partition coefficient (Wildman–Crippen LogP) is 3.87. The van der Waals surface area contributed by atoms with Gasteiger partial charge in [-0.25, -0.2) is 9.07 Å². The first kappa shape index (κ1) is 13.9. The van der Waals surface area contributed by atoms with Crippen LogP contribution in [0.3, 0.4) is 0 Å². The van der Waals surface area contributed by atoms with Gasteiger partial charge in [0.1, 0.15) is 12.1 Å². The molecule has 0 unspecified atom stereocenters. The zero-order valence-corrected chi connectivity index (χ0v) is 12.8. The van der Waals surface area contributed by atoms with E-state index in [4.69, 9.17) is 0 Å². The molecule has 0 bridgehead atoms. The van der Waals surface area contributed by atoms with Crippen LogP contribution in [0.25, 0.3) is 0 Å². The molecule has 2 aromatic carbocycles. The number of rotatable bonds is 2. The van der Waals surface area contributed by atoms with Gasteiger partial charge in [0.05, 0.1) is 12.1 Å². The van der Waals surface area contributed by atoms with Crippen molar-refractivity contribution in [2.24, 2.45) is 0 Å². The van der Waals surface area contributed by atoms with Crippen molar-refractivity contribution in [3.63, 3.8) is 0 Å². The minimum atomic E-state index is -0.219. The number of aromatic nitrogens is 3. The number of fused-ring (bicyclic) bond motifs is 1. The summed E-state index contributed by atoms with van der Waals surface area (Å²) >= 11 is 0. The molecule has 5 heteroatoms. The minimum absolute atomic E-state index is 0.0813. The number of aryl methyl sites for hydroxylation is 1. The third kappa shape index (κ3) is 2.59. The Balaban J connectivity index is 1.73. The van der Waals surface area contributed by atoms with Crippen LogP contribution in [0.1, 0.15) is 35.2 Å². The Bertz CT molecular complexity index is 825. The van der Waals surface area contributed by atoms with Gasteiger partial charge in [0.25, 0.3) is 0 Å². The monoisotopic (exact) mass is 308 g/mol. The second kappa shape index (κ2) is 5.50. The fraction of sp³-hybridized carbons (Fsp3) is 0.222. The van der Waals surface area contributed by atoms with Gasteiger partial charge >= 0.3 is 0 Å². The van der Waals surface area contributed by atoms with E-state index >= 15 is 0 Å². The topological polar surface area (TPSA) is 42.7 Å². The highest BCUT2D eigenvalue weighted by Crippen LogP contribution is 2.37. The van der Waals surface area contributed by atoms with Crippen LogP contribution in [-0.2, 0) is 0 Å². The molecular weight excluding hydrogens is 291 g/mol. The molecule has 1 aliphatic rings. The van der Waals surface area contributed by atoms with Crippen molar-refractivity contribution in [3.05, 3.63) is 77.4 Å². The molecule has 0 saturated heterocycles. The SMILES string of the molecule is Cc1cccc([C@H]2C[C@H](c3ccc(F)cc3)Nc3ncnn32)c1. The van der Waals surface area contributed by atoms with Crippen LogP contribution in [0.15, 0.2) is 54.9 Å². The van der Waals surface area contributed by atoms with E-state index in [0.717, 1.165) is 17.9 Å². The van der Waals surface area contributed by atoms with E-state index in [0.29, 0.717) is 0 Å². The van der Waals surface area contributed by atoms with Crippen molar-refractivity contribution in [2.45, 2.75) is 25.4 Å². The van der Waals surface area contributed by atoms with Crippen molar-refractivity contribution in [1.82, 2.24) is 14.8 Å². The van der Waals surface area contributed by atoms with Gasteiger partial charge in [-0.05, 0) is 36.6 Å². The first-order valence-electron chi connectivity index (χ1n) is 7.69. The lowest BCUT2D eigenvalue weighted by molar-refractivity contribution is 0.430. The lowest BCUT2D eigenvalue weighted by Crippen LogP contribution is -2.28. The minimum Gasteiger partial charge on any atom is -0.348 e. The van der Waals surface area contributed by atoms with Gasteiger partial charge in [0.15, 0.2) is 0 Å². The maximum atomic E-state index is 13.2. The molecule has 23 heavy (non-hydrogen) atoms. The van der Waals surface area contributed by atoms with Crippen LogP contribution in [-0.4, -0.2) is 14.8 Å². The standard InChI is InChI=1S/C18H17FN4/c1-12-3-2-4-14(9-12)17-10-16(13-5-7-15(19)8-6-13)22-18-20-11-21-23(17)18/h2-9,11,16-17H,10H2,1H3,(H,20,21,22)/t16-,17-/m1/s1. The normalized spacial score (nSPS) is 19.9. The molecule has 0 spiro atoms. The van der Waals surface area contributed by atoms with Gasteiger partial charge < -0.3 is 5.32 Å². The number of halogens is 1. The molecule has 4 rings (SSSR count). The Morgan fingerprint density at radius 1 is 1.13 bits per heavy atom. The van der Waals surface area contributed by atoms with Crippen molar-refractivity contribution in [1.29, 1.82) is 0 Å². The van der Waals surface area contributed by atoms with E-state index in [1.165, 1.54) is 23.3 Å². The molecule has 1 N–H and O–H groups in total. The molecule has 2 heterocycles. The summed E-state index contributed by atoms with van der Waals surface area (Å²) in [6, 6.07) is 15.3. The molecule has 1 aliphatic heterocycles. The fourth-order valence-corrected chi connectivity index (χ4v) is 3.19. The zero-order chi connectivity index (χ0) is 15.8. The zero-order valence-electron chi connectivity index (χ0n) is 12.8. The summed E-state index contributed by atoms with van der Waals surface area (Å²) in [4.78, 5) is 4.31. The van der Waals surface area contributed by atoms with E-state index in [2.05, 4.69) is 46.6 Å². The molecule has 0 fully saturated rings. The van der Waals surface area contributed by atoms with Gasteiger partial charge in [-0.15, -0.1) is 0 Å². The second-order valence-corrected chi connectivity index (χ2v) is 5.94. The van der Waals surface area contributed by atoms with Crippen LogP contribution in [0, 0.1) is 12.7 Å². The van der Waals surface area contributed by atoms with Crippen molar-refractivity contribution in [2.75, 3.05) is 5.32 Å². The van der Waals surface area contributed by atoms with Crippen molar-refractivity contribution in [3.8, 4) is 0 Å².